The maximum atomic E-state index is 12.8. The van der Waals surface area contributed by atoms with Crippen LogP contribution in [0.25, 0.3) is 0 Å². The van der Waals surface area contributed by atoms with Crippen LogP contribution >= 0.6 is 11.8 Å². The van der Waals surface area contributed by atoms with Crippen molar-refractivity contribution in [2.75, 3.05) is 78.2 Å². The van der Waals surface area contributed by atoms with Gasteiger partial charge in [0.2, 0.25) is 0 Å². The van der Waals surface area contributed by atoms with E-state index in [4.69, 9.17) is 44.9 Å². The van der Waals surface area contributed by atoms with Crippen molar-refractivity contribution in [1.82, 2.24) is 0 Å². The van der Waals surface area contributed by atoms with Gasteiger partial charge in [-0.1, -0.05) is 143 Å². The molecule has 0 fully saturated rings. The number of nitrogens with zero attached hydrogens (tertiary/aromatic N) is 1. The molecule has 0 atom stereocenters. The average molecular weight is 1630 g/mol. The number of hydrogen-bond donors (Lipinski definition) is 7. The van der Waals surface area contributed by atoms with Crippen LogP contribution in [0.5, 0.6) is 11.5 Å². The molecule has 0 aliphatic carbocycles. The van der Waals surface area contributed by atoms with Crippen LogP contribution in [0.1, 0.15) is 102 Å². The smallest absolute Gasteiger partial charge is 0.497 e. The number of rotatable bonds is 25. The highest BCUT2D eigenvalue weighted by Gasteiger charge is 2.37. The minimum atomic E-state index is -4.91. The van der Waals surface area contributed by atoms with Crippen LogP contribution in [0.2, 0.25) is 0 Å². The SMILES string of the molecule is C.C.C.C.C.C.C.CN(C)c1cccc(CC=C(F)CN)c1.COc1cccc(CC=C(F)CN)c1.CSc1cccc(CC=C(F)CN)c1.NCC(F)=CCc1cc(C(F)(F)F)cc(C(F)(F)F)c1.NCC(F)=CCc1cccc(F)c1.NCC(F)=CCc1cccc(OC(F)(F)F)c1.NCC(F)=CCc1ccccc1. The van der Waals surface area contributed by atoms with Crippen molar-refractivity contribution in [3.63, 3.8) is 0 Å². The molecule has 0 aromatic heterocycles. The fraction of sp³-hybridized carbons (Fsp3) is 0.333. The molecular weight excluding hydrogens is 1510 g/mol. The molecule has 0 bridgehead atoms. The van der Waals surface area contributed by atoms with Gasteiger partial charge in [-0.15, -0.1) is 24.9 Å². The van der Waals surface area contributed by atoms with E-state index in [1.54, 1.807) is 37.1 Å². The molecule has 0 aliphatic rings. The van der Waals surface area contributed by atoms with E-state index >= 15 is 0 Å². The summed E-state index contributed by atoms with van der Waals surface area (Å²) in [5.74, 6) is -2.58. The van der Waals surface area contributed by atoms with Gasteiger partial charge in [-0.25, -0.2) is 35.1 Å². The summed E-state index contributed by atoms with van der Waals surface area (Å²) in [5.41, 5.74) is 39.1. The molecule has 0 aliphatic heterocycles. The van der Waals surface area contributed by atoms with Crippen LogP contribution in [0, 0.1) is 5.82 Å². The largest absolute Gasteiger partial charge is 0.573 e. The molecule has 0 spiro atoms. The van der Waals surface area contributed by atoms with Gasteiger partial charge < -0.3 is 54.5 Å². The second-order valence-electron chi connectivity index (χ2n) is 21.9. The monoisotopic (exact) mass is 1620 g/mol. The summed E-state index contributed by atoms with van der Waals surface area (Å²) in [5, 5.41) is 0. The van der Waals surface area contributed by atoms with E-state index in [0.29, 0.717) is 49.8 Å². The Bertz CT molecular complexity index is 3750. The summed E-state index contributed by atoms with van der Waals surface area (Å²) < 4.78 is 221. The number of methoxy groups -OCH3 is 1. The molecular formula is C84H117F17N8O2S. The van der Waals surface area contributed by atoms with E-state index < -0.39 is 54.5 Å². The molecule has 7 aromatic carbocycles. The van der Waals surface area contributed by atoms with E-state index in [2.05, 4.69) is 10.8 Å². The van der Waals surface area contributed by atoms with Gasteiger partial charge in [0.15, 0.2) is 0 Å². The van der Waals surface area contributed by atoms with Crippen LogP contribution < -0.4 is 54.5 Å². The number of thioether (sulfide) groups is 1. The van der Waals surface area contributed by atoms with E-state index in [-0.39, 0.29) is 150 Å². The molecule has 630 valence electrons. The Hall–Kier alpha value is -9.00. The third-order valence-corrected chi connectivity index (χ3v) is 14.2. The zero-order valence-electron chi connectivity index (χ0n) is 58.2. The summed E-state index contributed by atoms with van der Waals surface area (Å²) in [6, 6.07) is 45.9. The van der Waals surface area contributed by atoms with Gasteiger partial charge >= 0.3 is 18.7 Å². The van der Waals surface area contributed by atoms with E-state index in [9.17, 15) is 74.6 Å². The fourth-order valence-electron chi connectivity index (χ4n) is 8.03. The molecule has 0 saturated heterocycles. The summed E-state index contributed by atoms with van der Waals surface area (Å²) in [6.07, 6.45) is -0.582. The topological polar surface area (TPSA) is 204 Å². The molecule has 28 heteroatoms. The van der Waals surface area contributed by atoms with E-state index in [1.807, 2.05) is 122 Å². The number of allylic oxidation sites excluding steroid dienone is 7. The number of ether oxygens (including phenoxy) is 2. The van der Waals surface area contributed by atoms with Crippen LogP contribution in [0.15, 0.2) is 258 Å². The molecule has 14 N–H and O–H groups in total. The summed E-state index contributed by atoms with van der Waals surface area (Å²) in [7, 11) is 5.57. The van der Waals surface area contributed by atoms with Crippen LogP contribution in [-0.4, -0.2) is 79.6 Å². The first-order chi connectivity index (χ1) is 49.6. The maximum Gasteiger partial charge on any atom is 0.573 e. The van der Waals surface area contributed by atoms with Gasteiger partial charge in [-0.3, -0.25) is 0 Å². The van der Waals surface area contributed by atoms with Crippen molar-refractivity contribution < 1.29 is 84.1 Å². The number of hydrogen-bond acceptors (Lipinski definition) is 11. The minimum Gasteiger partial charge on any atom is -0.497 e. The van der Waals surface area contributed by atoms with Gasteiger partial charge in [0.1, 0.15) is 58.1 Å². The zero-order valence-corrected chi connectivity index (χ0v) is 59.1. The number of alkyl halides is 9. The molecule has 112 heavy (non-hydrogen) atoms. The first kappa shape index (κ1) is 116. The normalized spacial score (nSPS) is 11.4. The molecule has 0 saturated carbocycles. The second-order valence-corrected chi connectivity index (χ2v) is 22.8. The molecule has 0 unspecified atom stereocenters. The second kappa shape index (κ2) is 64.5. The average Bonchev–Trinajstić information content (AvgIpc) is 0.808. The maximum absolute atomic E-state index is 12.8. The number of anilines is 1. The Labute approximate surface area is 658 Å². The van der Waals surface area contributed by atoms with Gasteiger partial charge in [0, 0.05) is 70.5 Å². The zero-order chi connectivity index (χ0) is 79.0. The number of benzene rings is 7. The lowest BCUT2D eigenvalue weighted by atomic mass is 10.0. The van der Waals surface area contributed by atoms with Gasteiger partial charge in [-0.05, 0) is 212 Å². The number of nitrogens with two attached hydrogens (primary N) is 7. The summed E-state index contributed by atoms with van der Waals surface area (Å²) >= 11 is 1.68. The molecule has 0 heterocycles. The quantitative estimate of drug-likeness (QED) is 0.0212. The van der Waals surface area contributed by atoms with Crippen molar-refractivity contribution in [1.29, 1.82) is 0 Å². The summed E-state index contributed by atoms with van der Waals surface area (Å²) in [6.45, 7) is -0.870. The minimum absolute atomic E-state index is 0. The van der Waals surface area contributed by atoms with Crippen molar-refractivity contribution in [3.05, 3.63) is 309 Å². The third kappa shape index (κ3) is 55.4. The highest BCUT2D eigenvalue weighted by Crippen LogP contribution is 2.37. The predicted octanol–water partition coefficient (Wildman–Crippen LogP) is 22.6. The highest BCUT2D eigenvalue weighted by atomic mass is 32.2. The lowest BCUT2D eigenvalue weighted by Gasteiger charge is -2.13. The molecule has 0 radical (unpaired) electrons. The van der Waals surface area contributed by atoms with Gasteiger partial charge in [0.25, 0.3) is 0 Å². The Morgan fingerprint density at radius 3 is 0.973 bits per heavy atom. The van der Waals surface area contributed by atoms with Crippen molar-refractivity contribution in [2.45, 2.75) is 121 Å². The Morgan fingerprint density at radius 1 is 0.348 bits per heavy atom. The molecule has 7 rings (SSSR count). The van der Waals surface area contributed by atoms with E-state index in [1.165, 1.54) is 71.7 Å². The van der Waals surface area contributed by atoms with Crippen LogP contribution in [0.4, 0.5) is 80.3 Å². The molecule has 0 amide bonds. The van der Waals surface area contributed by atoms with Crippen molar-refractivity contribution in [2.24, 2.45) is 40.1 Å². The lowest BCUT2D eigenvalue weighted by Crippen LogP contribution is -2.17. The Kier molecular flexibility index (Phi) is 67.0. The Morgan fingerprint density at radius 2 is 0.643 bits per heavy atom. The first-order valence-electron chi connectivity index (χ1n) is 31.9. The van der Waals surface area contributed by atoms with E-state index in [0.717, 1.165) is 45.3 Å². The first-order valence-corrected chi connectivity index (χ1v) is 33.1. The van der Waals surface area contributed by atoms with Crippen molar-refractivity contribution in [3.8, 4) is 11.5 Å². The lowest BCUT2D eigenvalue weighted by molar-refractivity contribution is -0.274. The highest BCUT2D eigenvalue weighted by molar-refractivity contribution is 7.98. The van der Waals surface area contributed by atoms with Gasteiger partial charge in [0.05, 0.1) is 18.2 Å². The van der Waals surface area contributed by atoms with Crippen LogP contribution in [-0.2, 0) is 57.3 Å². The predicted molar refractivity (Wildman–Crippen MR) is 435 cm³/mol. The fourth-order valence-corrected chi connectivity index (χ4v) is 8.51. The molecule has 7 aromatic rings. The standard InChI is InChI=1S/C12H10F7N.C12H17FN2.C11H11F4NO.C11H14FNO.C11H14FNS.C10H11F2N.C10H12FN.7CH4/c13-10(6-20)2-1-7-3-8(11(14,15)16)5-9(4-7)12(17,18)19;1-15(2)12-5-3-4-10(8-12)6-7-11(13)9-14;12-9(7-16)5-4-8-2-1-3-10(6-8)17-11(13,14)15;2*1-14-11-4-2-3-9(7-11)5-6-10(12)8-13;11-9-3-1-2-8(6-9)4-5-10(12)7-13;11-10(8-12)7-6-9-4-2-1-3-5-9;;;;;;;/h2-5H,1,6,20H2;3-5,7-8H,6,9,14H2,1-2H3;1-3,5-6H,4,7,16H2;2*2-4,6-7H,5,8,13H2,1H3;1-3,5-6H,4,7,13H2;1-5,7H,6,8,12H2;7*1H4. The summed E-state index contributed by atoms with van der Waals surface area (Å²) in [4.78, 5) is 3.22. The Balaban J connectivity index is -0.000000228. The van der Waals surface area contributed by atoms with Gasteiger partial charge in [-0.2, -0.15) is 26.3 Å². The van der Waals surface area contributed by atoms with Crippen molar-refractivity contribution >= 4 is 17.4 Å². The third-order valence-electron chi connectivity index (χ3n) is 13.5. The number of halogens is 17. The van der Waals surface area contributed by atoms with Crippen LogP contribution in [0.3, 0.4) is 0 Å². The molecule has 10 nitrogen and oxygen atoms in total.